The summed E-state index contributed by atoms with van der Waals surface area (Å²) in [5.74, 6) is -0.0594. The van der Waals surface area contributed by atoms with Gasteiger partial charge >= 0.3 is 0 Å². The smallest absolute Gasteiger partial charge is 0.239 e. The van der Waals surface area contributed by atoms with Crippen LogP contribution in [0.5, 0.6) is 0 Å². The Morgan fingerprint density at radius 2 is 1.92 bits per heavy atom. The molecule has 74 valence electrons. The summed E-state index contributed by atoms with van der Waals surface area (Å²) in [6.45, 7) is -0.543. The van der Waals surface area contributed by atoms with Crippen molar-refractivity contribution in [1.29, 1.82) is 0 Å². The van der Waals surface area contributed by atoms with E-state index in [-0.39, 0.29) is 29.9 Å². The fourth-order valence-electron chi connectivity index (χ4n) is 0.993. The van der Waals surface area contributed by atoms with Crippen molar-refractivity contribution in [2.75, 3.05) is 24.7 Å². The van der Waals surface area contributed by atoms with Gasteiger partial charge in [0.2, 0.25) is 11.8 Å². The molecule has 2 N–H and O–H groups in total. The third-order valence-corrected chi connectivity index (χ3v) is 2.56. The van der Waals surface area contributed by atoms with Gasteiger partial charge in [-0.15, -0.1) is 11.8 Å². The summed E-state index contributed by atoms with van der Waals surface area (Å²) in [5.41, 5.74) is 0. The van der Waals surface area contributed by atoms with Crippen molar-refractivity contribution in [3.63, 3.8) is 0 Å². The number of carbonyl (C=O) groups is 2. The van der Waals surface area contributed by atoms with Gasteiger partial charge in [0, 0.05) is 0 Å². The van der Waals surface area contributed by atoms with Crippen LogP contribution in [0.1, 0.15) is 0 Å². The van der Waals surface area contributed by atoms with Gasteiger partial charge in [0.1, 0.15) is 0 Å². The Morgan fingerprint density at radius 3 is 2.38 bits per heavy atom. The monoisotopic (exact) mass is 205 g/mol. The third-order valence-electron chi connectivity index (χ3n) is 1.66. The van der Waals surface area contributed by atoms with Crippen LogP contribution in [-0.2, 0) is 9.59 Å². The zero-order valence-corrected chi connectivity index (χ0v) is 7.79. The Kier molecular flexibility index (Phi) is 3.71. The normalized spacial score (nSPS) is 20.6. The van der Waals surface area contributed by atoms with Gasteiger partial charge in [-0.1, -0.05) is 0 Å². The number of aliphatic hydroxyl groups is 2. The van der Waals surface area contributed by atoms with Crippen molar-refractivity contribution in [3.8, 4) is 0 Å². The molecule has 0 aromatic carbocycles. The number of aliphatic hydroxyl groups excluding tert-OH is 2. The fraction of sp³-hybridized carbons (Fsp3) is 0.714. The van der Waals surface area contributed by atoms with Gasteiger partial charge in [-0.2, -0.15) is 0 Å². The van der Waals surface area contributed by atoms with E-state index in [1.807, 2.05) is 0 Å². The minimum absolute atomic E-state index is 0.102. The summed E-state index contributed by atoms with van der Waals surface area (Å²) in [7, 11) is 0. The summed E-state index contributed by atoms with van der Waals surface area (Å²) < 4.78 is 0. The van der Waals surface area contributed by atoms with E-state index < -0.39 is 12.7 Å². The second-order valence-corrected chi connectivity index (χ2v) is 3.71. The van der Waals surface area contributed by atoms with Crippen LogP contribution >= 0.6 is 11.8 Å². The van der Waals surface area contributed by atoms with E-state index in [1.165, 1.54) is 11.8 Å². The molecule has 1 aliphatic rings. The predicted octanol–water partition coefficient (Wildman–Crippen LogP) is -1.56. The summed E-state index contributed by atoms with van der Waals surface area (Å²) in [6, 6.07) is 0. The maximum absolute atomic E-state index is 11.1. The van der Waals surface area contributed by atoms with Gasteiger partial charge < -0.3 is 10.2 Å². The zero-order chi connectivity index (χ0) is 9.84. The van der Waals surface area contributed by atoms with E-state index in [4.69, 9.17) is 10.2 Å². The lowest BCUT2D eigenvalue weighted by atomic mass is 10.3. The molecule has 13 heavy (non-hydrogen) atoms. The number of β-amino-alcohol motifs (C(OH)–C–C–N with tert-alkyl or cyclic N) is 1. The Balaban J connectivity index is 2.54. The first-order valence-electron chi connectivity index (χ1n) is 3.85. The molecule has 6 heteroatoms. The quantitative estimate of drug-likeness (QED) is 0.545. The topological polar surface area (TPSA) is 77.8 Å². The van der Waals surface area contributed by atoms with Gasteiger partial charge in [0.25, 0.3) is 0 Å². The molecule has 0 aliphatic carbocycles. The molecule has 1 rings (SSSR count). The Hall–Kier alpha value is -0.590. The number of thioether (sulfide) groups is 1. The van der Waals surface area contributed by atoms with Crippen LogP contribution in [-0.4, -0.2) is 57.7 Å². The Labute approximate surface area is 79.7 Å². The van der Waals surface area contributed by atoms with Gasteiger partial charge in [0.05, 0.1) is 30.8 Å². The van der Waals surface area contributed by atoms with Crippen molar-refractivity contribution in [2.45, 2.75) is 6.10 Å². The van der Waals surface area contributed by atoms with Gasteiger partial charge in [0.15, 0.2) is 0 Å². The largest absolute Gasteiger partial charge is 0.394 e. The molecule has 0 spiro atoms. The van der Waals surface area contributed by atoms with Crippen molar-refractivity contribution >= 4 is 23.6 Å². The second-order valence-electron chi connectivity index (χ2n) is 2.73. The summed E-state index contributed by atoms with van der Waals surface area (Å²) in [4.78, 5) is 23.3. The maximum atomic E-state index is 11.1. The highest BCUT2D eigenvalue weighted by Gasteiger charge is 2.27. The van der Waals surface area contributed by atoms with Crippen molar-refractivity contribution in [3.05, 3.63) is 0 Å². The highest BCUT2D eigenvalue weighted by atomic mass is 32.2. The SMILES string of the molecule is O=C1CSCC(=O)N1CC(O)CO. The number of amides is 2. The first-order chi connectivity index (χ1) is 6.15. The fourth-order valence-corrected chi connectivity index (χ4v) is 1.76. The van der Waals surface area contributed by atoms with Crippen LogP contribution in [0.25, 0.3) is 0 Å². The first-order valence-corrected chi connectivity index (χ1v) is 5.00. The zero-order valence-electron chi connectivity index (χ0n) is 6.97. The number of imide groups is 1. The average molecular weight is 205 g/mol. The molecule has 0 aromatic heterocycles. The van der Waals surface area contributed by atoms with Crippen molar-refractivity contribution in [1.82, 2.24) is 4.90 Å². The van der Waals surface area contributed by atoms with E-state index in [0.717, 1.165) is 4.90 Å². The van der Waals surface area contributed by atoms with Gasteiger partial charge in [-0.3, -0.25) is 14.5 Å². The standard InChI is InChI=1S/C7H11NO4S/c9-2-5(10)1-8-6(11)3-13-4-7(8)12/h5,9-10H,1-4H2. The molecule has 1 unspecified atom stereocenters. The van der Waals surface area contributed by atoms with Crippen molar-refractivity contribution in [2.24, 2.45) is 0 Å². The lowest BCUT2D eigenvalue weighted by molar-refractivity contribution is -0.144. The van der Waals surface area contributed by atoms with Crippen LogP contribution in [0.15, 0.2) is 0 Å². The molecule has 0 aromatic rings. The summed E-state index contributed by atoms with van der Waals surface area (Å²) in [5, 5.41) is 17.6. The number of nitrogens with zero attached hydrogens (tertiary/aromatic N) is 1. The lowest BCUT2D eigenvalue weighted by Crippen LogP contribution is -2.47. The molecule has 5 nitrogen and oxygen atoms in total. The lowest BCUT2D eigenvalue weighted by Gasteiger charge is -2.25. The number of hydrogen-bond acceptors (Lipinski definition) is 5. The van der Waals surface area contributed by atoms with E-state index in [1.54, 1.807) is 0 Å². The maximum Gasteiger partial charge on any atom is 0.239 e. The molecule has 0 radical (unpaired) electrons. The molecule has 1 fully saturated rings. The van der Waals surface area contributed by atoms with Crippen LogP contribution in [0.3, 0.4) is 0 Å². The number of rotatable bonds is 3. The van der Waals surface area contributed by atoms with E-state index in [2.05, 4.69) is 0 Å². The third kappa shape index (κ3) is 2.68. The van der Waals surface area contributed by atoms with Crippen molar-refractivity contribution < 1.29 is 19.8 Å². The molecule has 0 saturated carbocycles. The second kappa shape index (κ2) is 4.59. The molecule has 1 aliphatic heterocycles. The van der Waals surface area contributed by atoms with Crippen LogP contribution in [0, 0.1) is 0 Å². The molecular formula is C7H11NO4S. The molecular weight excluding hydrogens is 194 g/mol. The predicted molar refractivity (Wildman–Crippen MR) is 47.1 cm³/mol. The van der Waals surface area contributed by atoms with Gasteiger partial charge in [-0.05, 0) is 0 Å². The molecule has 1 heterocycles. The Bertz CT molecular complexity index is 205. The summed E-state index contributed by atoms with van der Waals surface area (Å²) in [6.07, 6.45) is -1.03. The molecule has 0 bridgehead atoms. The number of carbonyl (C=O) groups excluding carboxylic acids is 2. The number of hydrogen-bond donors (Lipinski definition) is 2. The molecule has 2 amide bonds. The summed E-state index contributed by atoms with van der Waals surface area (Å²) >= 11 is 1.26. The average Bonchev–Trinajstić information content (AvgIpc) is 2.11. The molecule has 1 saturated heterocycles. The molecule has 1 atom stereocenters. The van der Waals surface area contributed by atoms with E-state index in [0.29, 0.717) is 0 Å². The minimum Gasteiger partial charge on any atom is -0.394 e. The van der Waals surface area contributed by atoms with E-state index in [9.17, 15) is 9.59 Å². The van der Waals surface area contributed by atoms with Crippen LogP contribution in [0.4, 0.5) is 0 Å². The highest BCUT2D eigenvalue weighted by Crippen LogP contribution is 2.12. The van der Waals surface area contributed by atoms with Crippen LogP contribution < -0.4 is 0 Å². The Morgan fingerprint density at radius 1 is 1.38 bits per heavy atom. The highest BCUT2D eigenvalue weighted by molar-refractivity contribution is 8.00. The first kappa shape index (κ1) is 10.5. The van der Waals surface area contributed by atoms with Gasteiger partial charge in [-0.25, -0.2) is 0 Å². The van der Waals surface area contributed by atoms with Crippen LogP contribution in [0.2, 0.25) is 0 Å². The minimum atomic E-state index is -1.03. The van der Waals surface area contributed by atoms with E-state index >= 15 is 0 Å².